The van der Waals surface area contributed by atoms with E-state index in [1.807, 2.05) is 6.07 Å². The van der Waals surface area contributed by atoms with E-state index in [0.29, 0.717) is 0 Å². The summed E-state index contributed by atoms with van der Waals surface area (Å²) in [6.07, 6.45) is 3.14. The zero-order chi connectivity index (χ0) is 10.6. The molecule has 0 aliphatic heterocycles. The van der Waals surface area contributed by atoms with Crippen molar-refractivity contribution in [3.8, 4) is 5.75 Å². The van der Waals surface area contributed by atoms with Crippen LogP contribution in [-0.4, -0.2) is 30.0 Å². The summed E-state index contributed by atoms with van der Waals surface area (Å²) >= 11 is 0. The molecule has 0 aromatic heterocycles. The highest BCUT2D eigenvalue weighted by Crippen LogP contribution is 2.11. The second-order valence-electron chi connectivity index (χ2n) is 3.16. The van der Waals surface area contributed by atoms with Crippen LogP contribution in [-0.2, 0) is 4.79 Å². The smallest absolute Gasteiger partial charge is 0.246 e. The lowest BCUT2D eigenvalue weighted by atomic mass is 10.2. The molecule has 1 rings (SSSR count). The van der Waals surface area contributed by atoms with Gasteiger partial charge in [-0.25, -0.2) is 0 Å². The lowest BCUT2D eigenvalue weighted by Crippen LogP contribution is -2.18. The molecule has 0 aliphatic rings. The summed E-state index contributed by atoms with van der Waals surface area (Å²) in [7, 11) is 3.38. The Morgan fingerprint density at radius 3 is 2.71 bits per heavy atom. The zero-order valence-corrected chi connectivity index (χ0v) is 8.27. The number of nitrogens with zero attached hydrogens (tertiary/aromatic N) is 1. The number of amides is 1. The summed E-state index contributed by atoms with van der Waals surface area (Å²) in [6, 6.07) is 6.73. The maximum atomic E-state index is 11.2. The van der Waals surface area contributed by atoms with Crippen LogP contribution in [0.1, 0.15) is 5.56 Å². The van der Waals surface area contributed by atoms with Crippen molar-refractivity contribution in [2.75, 3.05) is 14.1 Å². The highest BCUT2D eigenvalue weighted by Gasteiger charge is 1.96. The first-order valence-electron chi connectivity index (χ1n) is 4.28. The molecule has 1 aromatic rings. The van der Waals surface area contributed by atoms with Crippen LogP contribution < -0.4 is 0 Å². The van der Waals surface area contributed by atoms with Crippen LogP contribution >= 0.6 is 0 Å². The van der Waals surface area contributed by atoms with E-state index in [2.05, 4.69) is 0 Å². The quantitative estimate of drug-likeness (QED) is 0.719. The van der Waals surface area contributed by atoms with Gasteiger partial charge in [-0.05, 0) is 23.8 Å². The Labute approximate surface area is 83.3 Å². The van der Waals surface area contributed by atoms with Gasteiger partial charge in [0.1, 0.15) is 5.75 Å². The Morgan fingerprint density at radius 2 is 2.14 bits per heavy atom. The minimum Gasteiger partial charge on any atom is -0.508 e. The normalized spacial score (nSPS) is 10.4. The molecule has 0 fully saturated rings. The molecule has 0 spiro atoms. The summed E-state index contributed by atoms with van der Waals surface area (Å²) in [6.45, 7) is 0. The van der Waals surface area contributed by atoms with E-state index >= 15 is 0 Å². The van der Waals surface area contributed by atoms with Crippen LogP contribution in [0.5, 0.6) is 5.75 Å². The Balaban J connectivity index is 2.74. The predicted octanol–water partition coefficient (Wildman–Crippen LogP) is 1.49. The van der Waals surface area contributed by atoms with E-state index in [0.717, 1.165) is 5.56 Å². The van der Waals surface area contributed by atoms with E-state index in [1.165, 1.54) is 11.0 Å². The zero-order valence-electron chi connectivity index (χ0n) is 8.27. The van der Waals surface area contributed by atoms with Gasteiger partial charge >= 0.3 is 0 Å². The number of likely N-dealkylation sites (N-methyl/N-ethyl adjacent to an activating group) is 1. The SMILES string of the molecule is CN(C)C(=O)C=Cc1cccc(O)c1. The summed E-state index contributed by atoms with van der Waals surface area (Å²) < 4.78 is 0. The van der Waals surface area contributed by atoms with Crippen molar-refractivity contribution in [3.05, 3.63) is 35.9 Å². The first-order valence-corrected chi connectivity index (χ1v) is 4.28. The van der Waals surface area contributed by atoms with Crippen LogP contribution in [0, 0.1) is 0 Å². The summed E-state index contributed by atoms with van der Waals surface area (Å²) in [5, 5.41) is 9.16. The van der Waals surface area contributed by atoms with Gasteiger partial charge in [0.2, 0.25) is 5.91 Å². The molecule has 0 bridgehead atoms. The molecule has 14 heavy (non-hydrogen) atoms. The molecule has 1 aromatic carbocycles. The van der Waals surface area contributed by atoms with Crippen LogP contribution in [0.25, 0.3) is 6.08 Å². The van der Waals surface area contributed by atoms with Gasteiger partial charge in [-0.2, -0.15) is 0 Å². The molecule has 1 N–H and O–H groups in total. The topological polar surface area (TPSA) is 40.5 Å². The summed E-state index contributed by atoms with van der Waals surface area (Å²) in [5.41, 5.74) is 0.806. The first-order chi connectivity index (χ1) is 6.59. The van der Waals surface area contributed by atoms with E-state index < -0.39 is 0 Å². The summed E-state index contributed by atoms with van der Waals surface area (Å²) in [5.74, 6) is 0.123. The van der Waals surface area contributed by atoms with Gasteiger partial charge in [0.15, 0.2) is 0 Å². The molecule has 3 nitrogen and oxygen atoms in total. The first kappa shape index (κ1) is 10.3. The Bertz CT molecular complexity index is 356. The number of carbonyl (C=O) groups is 1. The monoisotopic (exact) mass is 191 g/mol. The van der Waals surface area contributed by atoms with Crippen LogP contribution in [0.2, 0.25) is 0 Å². The van der Waals surface area contributed by atoms with Gasteiger partial charge in [-0.1, -0.05) is 12.1 Å². The Hall–Kier alpha value is -1.77. The van der Waals surface area contributed by atoms with Crippen molar-refractivity contribution in [1.29, 1.82) is 0 Å². The van der Waals surface area contributed by atoms with Crippen molar-refractivity contribution in [3.63, 3.8) is 0 Å². The van der Waals surface area contributed by atoms with E-state index in [-0.39, 0.29) is 11.7 Å². The van der Waals surface area contributed by atoms with E-state index in [1.54, 1.807) is 38.4 Å². The molecule has 0 heterocycles. The van der Waals surface area contributed by atoms with E-state index in [9.17, 15) is 4.79 Å². The van der Waals surface area contributed by atoms with Crippen LogP contribution in [0.4, 0.5) is 0 Å². The number of hydrogen-bond acceptors (Lipinski definition) is 2. The van der Waals surface area contributed by atoms with Crippen LogP contribution in [0.3, 0.4) is 0 Å². The number of phenolic OH excluding ortho intramolecular Hbond substituents is 1. The molecular formula is C11H13NO2. The second kappa shape index (κ2) is 4.46. The molecule has 0 radical (unpaired) electrons. The maximum Gasteiger partial charge on any atom is 0.246 e. The molecule has 0 saturated heterocycles. The standard InChI is InChI=1S/C11H13NO2/c1-12(2)11(14)7-6-9-4-3-5-10(13)8-9/h3-8,13H,1-2H3. The minimum absolute atomic E-state index is 0.0756. The fraction of sp³-hybridized carbons (Fsp3) is 0.182. The molecular weight excluding hydrogens is 178 g/mol. The van der Waals surface area contributed by atoms with Gasteiger partial charge in [-0.3, -0.25) is 4.79 Å². The van der Waals surface area contributed by atoms with Crippen molar-refractivity contribution < 1.29 is 9.90 Å². The fourth-order valence-electron chi connectivity index (χ4n) is 0.945. The third-order valence-electron chi connectivity index (χ3n) is 1.73. The molecule has 3 heteroatoms. The molecule has 0 unspecified atom stereocenters. The molecule has 74 valence electrons. The second-order valence-corrected chi connectivity index (χ2v) is 3.16. The fourth-order valence-corrected chi connectivity index (χ4v) is 0.945. The van der Waals surface area contributed by atoms with Gasteiger partial charge in [0.25, 0.3) is 0 Å². The maximum absolute atomic E-state index is 11.2. The molecule has 0 aliphatic carbocycles. The number of phenols is 1. The van der Waals surface area contributed by atoms with Crippen molar-refractivity contribution in [2.24, 2.45) is 0 Å². The van der Waals surface area contributed by atoms with E-state index in [4.69, 9.17) is 5.11 Å². The summed E-state index contributed by atoms with van der Waals surface area (Å²) in [4.78, 5) is 12.7. The van der Waals surface area contributed by atoms with Crippen molar-refractivity contribution in [1.82, 2.24) is 4.90 Å². The van der Waals surface area contributed by atoms with Gasteiger partial charge in [0, 0.05) is 20.2 Å². The highest BCUT2D eigenvalue weighted by atomic mass is 16.3. The Morgan fingerprint density at radius 1 is 1.43 bits per heavy atom. The van der Waals surface area contributed by atoms with Gasteiger partial charge in [0.05, 0.1) is 0 Å². The average Bonchev–Trinajstić information content (AvgIpc) is 2.14. The number of carbonyl (C=O) groups excluding carboxylic acids is 1. The van der Waals surface area contributed by atoms with Crippen molar-refractivity contribution in [2.45, 2.75) is 0 Å². The molecule has 0 atom stereocenters. The van der Waals surface area contributed by atoms with Gasteiger partial charge in [-0.15, -0.1) is 0 Å². The van der Waals surface area contributed by atoms with Crippen molar-refractivity contribution >= 4 is 12.0 Å². The third-order valence-corrected chi connectivity index (χ3v) is 1.73. The van der Waals surface area contributed by atoms with Gasteiger partial charge < -0.3 is 10.0 Å². The predicted molar refractivity (Wildman–Crippen MR) is 55.8 cm³/mol. The lowest BCUT2D eigenvalue weighted by Gasteiger charge is -2.04. The number of benzene rings is 1. The highest BCUT2D eigenvalue weighted by molar-refractivity contribution is 5.91. The average molecular weight is 191 g/mol. The molecule has 0 saturated carbocycles. The minimum atomic E-state index is -0.0756. The molecule has 1 amide bonds. The lowest BCUT2D eigenvalue weighted by molar-refractivity contribution is -0.123. The number of rotatable bonds is 2. The number of aromatic hydroxyl groups is 1. The largest absolute Gasteiger partial charge is 0.508 e. The third kappa shape index (κ3) is 2.94. The Kier molecular flexibility index (Phi) is 3.29. The van der Waals surface area contributed by atoms with Crippen LogP contribution in [0.15, 0.2) is 30.3 Å². The number of hydrogen-bond donors (Lipinski definition) is 1.